The van der Waals surface area contributed by atoms with Crippen LogP contribution in [0.1, 0.15) is 35.5 Å². The lowest BCUT2D eigenvalue weighted by atomic mass is 9.88. The third kappa shape index (κ3) is 3.76. The summed E-state index contributed by atoms with van der Waals surface area (Å²) in [6, 6.07) is 19.2. The van der Waals surface area contributed by atoms with E-state index < -0.39 is 5.54 Å². The number of aliphatic imine (C=N–C) groups is 1. The predicted molar refractivity (Wildman–Crippen MR) is 140 cm³/mol. The average molecular weight is 481 g/mol. The summed E-state index contributed by atoms with van der Waals surface area (Å²) >= 11 is 0. The number of anilines is 1. The topological polar surface area (TPSA) is 69.4 Å². The Bertz CT molecular complexity index is 1380. The van der Waals surface area contributed by atoms with Crippen LogP contribution in [0.15, 0.2) is 82.4 Å². The van der Waals surface area contributed by atoms with Crippen molar-refractivity contribution in [3.63, 3.8) is 0 Å². The molecular weight excluding hydrogens is 452 g/mol. The molecule has 1 aromatic heterocycles. The van der Waals surface area contributed by atoms with E-state index in [0.717, 1.165) is 42.1 Å². The van der Waals surface area contributed by atoms with E-state index in [-0.39, 0.29) is 11.8 Å². The molecule has 0 atom stereocenters. The minimum atomic E-state index is -0.486. The Morgan fingerprint density at radius 3 is 2.42 bits per heavy atom. The maximum absolute atomic E-state index is 13.6. The Morgan fingerprint density at radius 1 is 0.944 bits per heavy atom. The first-order valence-electron chi connectivity index (χ1n) is 12.3. The highest BCUT2D eigenvalue weighted by molar-refractivity contribution is 6.55. The van der Waals surface area contributed by atoms with E-state index in [2.05, 4.69) is 30.9 Å². The second-order valence-electron chi connectivity index (χ2n) is 10.0. The Labute approximate surface area is 210 Å². The first-order valence-corrected chi connectivity index (χ1v) is 12.3. The highest BCUT2D eigenvalue weighted by Crippen LogP contribution is 2.46. The molecule has 2 amide bonds. The van der Waals surface area contributed by atoms with Gasteiger partial charge in [0.1, 0.15) is 5.71 Å². The fourth-order valence-electron chi connectivity index (χ4n) is 5.45. The van der Waals surface area contributed by atoms with E-state index in [1.165, 1.54) is 11.8 Å². The van der Waals surface area contributed by atoms with Gasteiger partial charge in [0.25, 0.3) is 11.8 Å². The number of nitrogens with zero attached hydrogens (tertiary/aromatic N) is 4. The van der Waals surface area contributed by atoms with Crippen LogP contribution in [-0.4, -0.2) is 65.6 Å². The molecule has 3 aromatic rings. The molecule has 182 valence electrons. The molecule has 2 aromatic carbocycles. The SMILES string of the molecule is CC1(C)C=C(CN2CCN(C(=O)c3ccco3)CC2)c2cccc3c2N1C(=O)C3=Nc1ccccc1. The van der Waals surface area contributed by atoms with Gasteiger partial charge < -0.3 is 9.32 Å². The molecule has 3 aliphatic rings. The monoisotopic (exact) mass is 480 g/mol. The number of para-hydroxylation sites is 2. The van der Waals surface area contributed by atoms with Crippen LogP contribution in [0.5, 0.6) is 0 Å². The van der Waals surface area contributed by atoms with Crippen LogP contribution in [0.25, 0.3) is 5.57 Å². The number of carbonyl (C=O) groups is 2. The number of hydrogen-bond donors (Lipinski definition) is 0. The van der Waals surface area contributed by atoms with Gasteiger partial charge in [-0.25, -0.2) is 4.99 Å². The van der Waals surface area contributed by atoms with Gasteiger partial charge >= 0.3 is 0 Å². The van der Waals surface area contributed by atoms with E-state index in [1.807, 2.05) is 52.3 Å². The van der Waals surface area contributed by atoms with E-state index in [4.69, 9.17) is 9.41 Å². The number of carbonyl (C=O) groups excluding carboxylic acids is 2. The van der Waals surface area contributed by atoms with Gasteiger partial charge in [-0.3, -0.25) is 19.4 Å². The highest BCUT2D eigenvalue weighted by atomic mass is 16.3. The Hall–Kier alpha value is -3.97. The largest absolute Gasteiger partial charge is 0.459 e. The molecule has 3 aliphatic heterocycles. The van der Waals surface area contributed by atoms with Crippen LogP contribution in [0, 0.1) is 0 Å². The Kier molecular flexibility index (Phi) is 5.38. The predicted octanol–water partition coefficient (Wildman–Crippen LogP) is 4.38. The zero-order chi connectivity index (χ0) is 24.9. The van der Waals surface area contributed by atoms with Crippen molar-refractivity contribution in [3.05, 3.63) is 89.9 Å². The second-order valence-corrected chi connectivity index (χ2v) is 10.0. The lowest BCUT2D eigenvalue weighted by Crippen LogP contribution is -2.50. The number of amides is 2. The molecule has 6 rings (SSSR count). The molecule has 0 spiro atoms. The second kappa shape index (κ2) is 8.60. The quantitative estimate of drug-likeness (QED) is 0.556. The molecule has 0 aliphatic carbocycles. The summed E-state index contributed by atoms with van der Waals surface area (Å²) in [7, 11) is 0. The van der Waals surface area contributed by atoms with E-state index in [0.29, 0.717) is 24.6 Å². The lowest BCUT2D eigenvalue weighted by molar-refractivity contribution is -0.112. The highest BCUT2D eigenvalue weighted by Gasteiger charge is 2.46. The van der Waals surface area contributed by atoms with Crippen LogP contribution >= 0.6 is 0 Å². The fraction of sp³-hybridized carbons (Fsp3) is 0.276. The fourth-order valence-corrected chi connectivity index (χ4v) is 5.45. The van der Waals surface area contributed by atoms with Gasteiger partial charge in [-0.1, -0.05) is 42.5 Å². The van der Waals surface area contributed by atoms with Crippen molar-refractivity contribution in [2.45, 2.75) is 19.4 Å². The number of benzene rings is 2. The summed E-state index contributed by atoms with van der Waals surface area (Å²) in [4.78, 5) is 37.1. The Morgan fingerprint density at radius 2 is 1.69 bits per heavy atom. The van der Waals surface area contributed by atoms with Crippen molar-refractivity contribution in [1.29, 1.82) is 0 Å². The molecule has 36 heavy (non-hydrogen) atoms. The summed E-state index contributed by atoms with van der Waals surface area (Å²) in [5.74, 6) is 0.266. The van der Waals surface area contributed by atoms with Gasteiger partial charge in [-0.2, -0.15) is 0 Å². The zero-order valence-electron chi connectivity index (χ0n) is 20.5. The molecule has 0 saturated carbocycles. The average Bonchev–Trinajstić information content (AvgIpc) is 3.51. The van der Waals surface area contributed by atoms with Crippen molar-refractivity contribution in [2.75, 3.05) is 37.6 Å². The van der Waals surface area contributed by atoms with E-state index in [9.17, 15) is 9.59 Å². The molecule has 7 nitrogen and oxygen atoms in total. The van der Waals surface area contributed by atoms with E-state index in [1.54, 1.807) is 12.1 Å². The van der Waals surface area contributed by atoms with Gasteiger partial charge in [0.2, 0.25) is 0 Å². The van der Waals surface area contributed by atoms with Gasteiger partial charge in [0, 0.05) is 43.9 Å². The van der Waals surface area contributed by atoms with Crippen molar-refractivity contribution in [3.8, 4) is 0 Å². The molecule has 0 bridgehead atoms. The van der Waals surface area contributed by atoms with Gasteiger partial charge in [0.15, 0.2) is 5.76 Å². The normalized spacial score (nSPS) is 20.0. The van der Waals surface area contributed by atoms with Crippen molar-refractivity contribution in [2.24, 2.45) is 4.99 Å². The van der Waals surface area contributed by atoms with Crippen molar-refractivity contribution in [1.82, 2.24) is 9.80 Å². The van der Waals surface area contributed by atoms with Crippen LogP contribution in [-0.2, 0) is 4.79 Å². The molecule has 7 heteroatoms. The van der Waals surface area contributed by atoms with Crippen molar-refractivity contribution < 1.29 is 14.0 Å². The molecule has 0 unspecified atom stereocenters. The van der Waals surface area contributed by atoms with Crippen LogP contribution in [0.3, 0.4) is 0 Å². The maximum atomic E-state index is 13.6. The number of hydrogen-bond acceptors (Lipinski definition) is 5. The molecule has 0 radical (unpaired) electrons. The van der Waals surface area contributed by atoms with Crippen LogP contribution in [0.2, 0.25) is 0 Å². The minimum absolute atomic E-state index is 0.0575. The van der Waals surface area contributed by atoms with Crippen LogP contribution < -0.4 is 4.90 Å². The third-order valence-corrected chi connectivity index (χ3v) is 7.15. The van der Waals surface area contributed by atoms with Gasteiger partial charge in [-0.15, -0.1) is 0 Å². The zero-order valence-corrected chi connectivity index (χ0v) is 20.5. The van der Waals surface area contributed by atoms with Gasteiger partial charge in [-0.05, 0) is 43.7 Å². The molecule has 0 N–H and O–H groups in total. The lowest BCUT2D eigenvalue weighted by Gasteiger charge is -2.41. The molecular formula is C29H28N4O3. The maximum Gasteiger partial charge on any atom is 0.289 e. The van der Waals surface area contributed by atoms with E-state index >= 15 is 0 Å². The smallest absolute Gasteiger partial charge is 0.289 e. The van der Waals surface area contributed by atoms with Crippen molar-refractivity contribution >= 4 is 34.5 Å². The third-order valence-electron chi connectivity index (χ3n) is 7.15. The molecule has 4 heterocycles. The summed E-state index contributed by atoms with van der Waals surface area (Å²) in [6.07, 6.45) is 3.74. The molecule has 1 fully saturated rings. The first-order chi connectivity index (χ1) is 17.4. The number of piperazine rings is 1. The standard InChI is InChI=1S/C29H28N4O3/c1-29(2)18-20(19-31-13-15-32(16-14-31)27(34)24-12-7-17-36-24)22-10-6-11-23-25(28(35)33(29)26(22)23)30-21-8-4-3-5-9-21/h3-12,17-18H,13-16,19H2,1-2H3. The molecule has 1 saturated heterocycles. The summed E-state index contributed by atoms with van der Waals surface area (Å²) in [6.45, 7) is 7.79. The van der Waals surface area contributed by atoms with Crippen LogP contribution in [0.4, 0.5) is 11.4 Å². The first kappa shape index (κ1) is 22.5. The minimum Gasteiger partial charge on any atom is -0.459 e. The summed E-state index contributed by atoms with van der Waals surface area (Å²) in [5, 5.41) is 0. The summed E-state index contributed by atoms with van der Waals surface area (Å²) < 4.78 is 5.28. The number of rotatable bonds is 4. The summed E-state index contributed by atoms with van der Waals surface area (Å²) in [5.41, 5.74) is 4.89. The van der Waals surface area contributed by atoms with Gasteiger partial charge in [0.05, 0.1) is 23.2 Å². The number of furan rings is 1. The Balaban J connectivity index is 1.27.